The predicted octanol–water partition coefficient (Wildman–Crippen LogP) is 1.55. The smallest absolute Gasteiger partial charge is 0.337 e. The van der Waals surface area contributed by atoms with Gasteiger partial charge in [-0.2, -0.15) is 21.8 Å². The van der Waals surface area contributed by atoms with Crippen molar-refractivity contribution in [3.05, 3.63) is 89.1 Å². The van der Waals surface area contributed by atoms with E-state index < -0.39 is 87.1 Å². The number of carboxylic acids is 2. The van der Waals surface area contributed by atoms with E-state index in [1.54, 1.807) is 0 Å². The van der Waals surface area contributed by atoms with Crippen LogP contribution in [0.4, 0.5) is 22.7 Å². The van der Waals surface area contributed by atoms with E-state index >= 15 is 0 Å². The summed E-state index contributed by atoms with van der Waals surface area (Å²) in [6.07, 6.45) is 0. The van der Waals surface area contributed by atoms with Crippen LogP contribution in [0.3, 0.4) is 0 Å². The first-order valence-corrected chi connectivity index (χ1v) is 15.7. The topological polar surface area (TPSA) is 318 Å². The number of aromatic hydroxyl groups is 2. The molecule has 52 heavy (non-hydrogen) atoms. The summed E-state index contributed by atoms with van der Waals surface area (Å²) in [5.41, 5.74) is -3.20. The number of hydrogen-bond donors (Lipinski definition) is 8. The molecule has 0 aliphatic carbocycles. The number of carboxylic acid groups (broad SMARTS) is 2. The molecule has 0 spiro atoms. The minimum absolute atomic E-state index is 0. The molecule has 4 radical (unpaired) electrons. The summed E-state index contributed by atoms with van der Waals surface area (Å²) in [5, 5.41) is 47.0. The molecular weight excluding hydrogens is 706 g/mol. The van der Waals surface area contributed by atoms with Crippen molar-refractivity contribution in [3.63, 3.8) is 0 Å². The van der Waals surface area contributed by atoms with Gasteiger partial charge in [0.1, 0.15) is 16.3 Å². The molecule has 0 fully saturated rings. The number of carbonyl (C=O) groups is 2. The number of hydrogen-bond acceptors (Lipinski definition) is 13. The molecule has 0 unspecified atom stereocenters. The third-order valence-electron chi connectivity index (χ3n) is 6.34. The van der Waals surface area contributed by atoms with Crippen LogP contribution in [-0.2, 0) is 20.2 Å². The zero-order valence-electron chi connectivity index (χ0n) is 27.5. The van der Waals surface area contributed by atoms with E-state index in [2.05, 4.69) is 35.2 Å². The molecule has 1 aromatic heterocycles. The van der Waals surface area contributed by atoms with Crippen molar-refractivity contribution in [2.75, 3.05) is 0 Å². The van der Waals surface area contributed by atoms with E-state index in [0.717, 1.165) is 12.1 Å². The average molecular weight is 725 g/mol. The Balaban J connectivity index is 0.00000338. The van der Waals surface area contributed by atoms with Crippen LogP contribution in [0.25, 0.3) is 10.8 Å². The number of benzene rings is 4. The molecule has 19 nitrogen and oxygen atoms in total. The van der Waals surface area contributed by atoms with Crippen LogP contribution >= 0.6 is 0 Å². The van der Waals surface area contributed by atoms with Gasteiger partial charge in [0, 0.05) is 75.4 Å². The minimum atomic E-state index is -5.23. The number of aromatic carboxylic acids is 2. The Morgan fingerprint density at radius 3 is 1.79 bits per heavy atom. The second kappa shape index (κ2) is 18.2. The molecule has 0 aliphatic rings. The number of aromatic nitrogens is 3. The van der Waals surface area contributed by atoms with Crippen LogP contribution in [0.2, 0.25) is 0 Å². The Hall–Kier alpha value is -3.90. The van der Waals surface area contributed by atoms with Gasteiger partial charge in [-0.3, -0.25) is 19.1 Å². The van der Waals surface area contributed by atoms with Crippen LogP contribution in [-0.4, -0.2) is 149 Å². The summed E-state index contributed by atoms with van der Waals surface area (Å²) in [7, 11) is -10.2. The molecule has 5 rings (SSSR count). The number of nitrogens with zero attached hydrogens (tertiary/aromatic N) is 5. The first kappa shape index (κ1) is 46.1. The summed E-state index contributed by atoms with van der Waals surface area (Å²) < 4.78 is 68.7. The van der Waals surface area contributed by atoms with Gasteiger partial charge < -0.3 is 20.4 Å². The van der Waals surface area contributed by atoms with Gasteiger partial charge in [-0.1, -0.05) is 24.3 Å². The molecule has 5 aromatic rings. The Bertz CT molecular complexity index is 2580. The van der Waals surface area contributed by atoms with Crippen LogP contribution in [0, 0.1) is 0 Å². The molecule has 0 saturated carbocycles. The Labute approximate surface area is 340 Å². The van der Waals surface area contributed by atoms with E-state index in [0.29, 0.717) is 6.07 Å². The Morgan fingerprint density at radius 2 is 1.23 bits per heavy atom. The first-order chi connectivity index (χ1) is 22.5. The van der Waals surface area contributed by atoms with Crippen molar-refractivity contribution in [3.8, 4) is 11.8 Å². The number of fused-ring (bicyclic) bond motifs is 1. The maximum atomic E-state index is 12.4. The summed E-state index contributed by atoms with van der Waals surface area (Å²) in [6.45, 7) is 0. The van der Waals surface area contributed by atoms with E-state index in [1.165, 1.54) is 48.5 Å². The van der Waals surface area contributed by atoms with Crippen molar-refractivity contribution in [2.45, 2.75) is 9.79 Å². The molecular formula is C27H19Li4N7O12S2. The number of phenols is 1. The molecule has 250 valence electrons. The fourth-order valence-corrected chi connectivity index (χ4v) is 5.50. The summed E-state index contributed by atoms with van der Waals surface area (Å²) in [6, 6.07) is 12.1. The number of nitrogens with one attached hydrogen (secondary N) is 2. The summed E-state index contributed by atoms with van der Waals surface area (Å²) in [5.74, 6) is -3.78. The van der Waals surface area contributed by atoms with Crippen LogP contribution in [0.15, 0.2) is 96.7 Å². The summed E-state index contributed by atoms with van der Waals surface area (Å²) >= 11 is 0. The second-order valence-corrected chi connectivity index (χ2v) is 12.3. The van der Waals surface area contributed by atoms with Gasteiger partial charge in [-0.25, -0.2) is 19.6 Å². The minimum Gasteiger partial charge on any atom is -0.505 e. The van der Waals surface area contributed by atoms with Crippen LogP contribution in [0.1, 0.15) is 20.7 Å². The predicted molar refractivity (Wildman–Crippen MR) is 184 cm³/mol. The number of azo groups is 1. The van der Waals surface area contributed by atoms with E-state index in [-0.39, 0.29) is 97.9 Å². The van der Waals surface area contributed by atoms with E-state index in [4.69, 9.17) is 0 Å². The van der Waals surface area contributed by atoms with Gasteiger partial charge in [-0.05, 0) is 47.9 Å². The van der Waals surface area contributed by atoms with Gasteiger partial charge >= 0.3 is 11.9 Å². The molecule has 25 heteroatoms. The number of phenolic OH excluding ortho intramolecular Hbond substituents is 1. The number of rotatable bonds is 8. The Morgan fingerprint density at radius 1 is 0.673 bits per heavy atom. The maximum Gasteiger partial charge on any atom is 0.337 e. The average Bonchev–Trinajstić information content (AvgIpc) is 2.99. The fraction of sp³-hybridized carbons (Fsp3) is 0. The molecule has 0 bridgehead atoms. The first-order valence-electron chi connectivity index (χ1n) is 12.9. The fourth-order valence-electron chi connectivity index (χ4n) is 4.31. The quantitative estimate of drug-likeness (QED) is 0.0640. The molecule has 0 aliphatic heterocycles. The van der Waals surface area contributed by atoms with Gasteiger partial charge in [-0.15, -0.1) is 10.2 Å². The van der Waals surface area contributed by atoms with Crippen molar-refractivity contribution < 1.29 is 56.0 Å². The van der Waals surface area contributed by atoms with Crippen molar-refractivity contribution >= 4 is 141 Å². The number of aromatic amines is 2. The molecule has 1 heterocycles. The van der Waals surface area contributed by atoms with E-state index in [1.807, 2.05) is 0 Å². The van der Waals surface area contributed by atoms with Gasteiger partial charge in [0.25, 0.3) is 26.2 Å². The van der Waals surface area contributed by atoms with Crippen molar-refractivity contribution in [2.24, 2.45) is 20.2 Å². The van der Waals surface area contributed by atoms with Crippen molar-refractivity contribution in [1.82, 2.24) is 15.0 Å². The van der Waals surface area contributed by atoms with Crippen LogP contribution in [0.5, 0.6) is 11.8 Å². The van der Waals surface area contributed by atoms with Crippen molar-refractivity contribution in [1.29, 1.82) is 0 Å². The standard InChI is InChI=1S/C27H19N7O12S2.4Li/c35-22-20-12(10-19(48(44,45)46)21(22)34-33-17-8-4-2-6-15(17)24(38)39)9-13(47(41,42)43)11-18(20)29-26-30-25(31-27(40)32-26)28-16-7-3-1-5-14(16)23(36)37;;;;/h1-11,35H,(H,36,37)(H,38,39)(H,41,42,43)(H,44,45,46)(H3,28,29,30,31,32,40);;;;. The normalized spacial score (nSPS) is 12.0. The monoisotopic (exact) mass is 725 g/mol. The summed E-state index contributed by atoms with van der Waals surface area (Å²) in [4.78, 5) is 38.0. The van der Waals surface area contributed by atoms with Gasteiger partial charge in [0.05, 0.1) is 32.8 Å². The molecule has 8 N–H and O–H groups in total. The van der Waals surface area contributed by atoms with Gasteiger partial charge in [0.2, 0.25) is 11.2 Å². The second-order valence-electron chi connectivity index (χ2n) is 9.49. The zero-order valence-corrected chi connectivity index (χ0v) is 29.2. The Kier molecular flexibility index (Phi) is 16.2. The molecule has 0 atom stereocenters. The molecule has 4 aromatic carbocycles. The molecule has 0 saturated heterocycles. The van der Waals surface area contributed by atoms with Crippen LogP contribution < -0.4 is 11.2 Å². The molecule has 0 amide bonds. The number of H-pyrrole nitrogens is 2. The third-order valence-corrected chi connectivity index (χ3v) is 8.03. The zero-order chi connectivity index (χ0) is 35.0. The third kappa shape index (κ3) is 10.4. The number of para-hydroxylation sites is 1. The largest absolute Gasteiger partial charge is 0.505 e. The van der Waals surface area contributed by atoms with Gasteiger partial charge in [0.15, 0.2) is 5.75 Å². The maximum absolute atomic E-state index is 12.4. The van der Waals surface area contributed by atoms with E-state index in [9.17, 15) is 56.0 Å². The SMILES string of the molecule is O=C(O)c1ccccc1N=Nc1c(S(=O)(=O)O)cc2cc(S(=O)(=O)O)cc(N=c3[nH]c(O)nc(=Nc4ccccc4C(=O)O)[nH]3)c2c1O.[Li].[Li].[Li].[Li].